The Morgan fingerprint density at radius 2 is 2.21 bits per heavy atom. The van der Waals surface area contributed by atoms with Crippen LogP contribution in [-0.4, -0.2) is 30.2 Å². The molecule has 0 radical (unpaired) electrons. The summed E-state index contributed by atoms with van der Waals surface area (Å²) in [5.74, 6) is 0.588. The van der Waals surface area contributed by atoms with Crippen molar-refractivity contribution >= 4 is 5.91 Å². The molecule has 2 unspecified atom stereocenters. The molecule has 0 aromatic carbocycles. The van der Waals surface area contributed by atoms with E-state index in [9.17, 15) is 4.79 Å². The normalized spacial score (nSPS) is 28.2. The summed E-state index contributed by atoms with van der Waals surface area (Å²) >= 11 is 0. The molecule has 1 saturated carbocycles. The number of carbonyl (C=O) groups excluding carboxylic acids is 1. The monoisotopic (exact) mass is 270 g/mol. The molecule has 0 spiro atoms. The molecule has 0 saturated heterocycles. The molecule has 1 amide bonds. The van der Waals surface area contributed by atoms with E-state index in [0.717, 1.165) is 25.7 Å². The zero-order chi connectivity index (χ0) is 14.5. The first kappa shape index (κ1) is 16.4. The van der Waals surface area contributed by atoms with Crippen LogP contribution in [0.15, 0.2) is 0 Å². The first-order valence-electron chi connectivity index (χ1n) is 7.47. The molecule has 112 valence electrons. The van der Waals surface area contributed by atoms with Crippen LogP contribution in [0.5, 0.6) is 0 Å². The van der Waals surface area contributed by atoms with Gasteiger partial charge in [0.05, 0.1) is 5.60 Å². The first-order chi connectivity index (χ1) is 8.82. The Morgan fingerprint density at radius 1 is 1.53 bits per heavy atom. The highest BCUT2D eigenvalue weighted by Gasteiger charge is 2.35. The van der Waals surface area contributed by atoms with Gasteiger partial charge in [-0.1, -0.05) is 26.7 Å². The minimum atomic E-state index is -0.286. The van der Waals surface area contributed by atoms with Crippen molar-refractivity contribution in [2.45, 2.75) is 70.9 Å². The van der Waals surface area contributed by atoms with Gasteiger partial charge in [0, 0.05) is 12.1 Å². The van der Waals surface area contributed by atoms with Crippen LogP contribution < -0.4 is 11.1 Å². The highest BCUT2D eigenvalue weighted by atomic mass is 16.5. The van der Waals surface area contributed by atoms with Crippen LogP contribution in [0.25, 0.3) is 0 Å². The molecule has 0 bridgehead atoms. The second-order valence-corrected chi connectivity index (χ2v) is 6.66. The largest absolute Gasteiger partial charge is 0.364 e. The maximum atomic E-state index is 11.9. The smallest absolute Gasteiger partial charge is 0.246 e. The number of ether oxygens (including phenoxy) is 1. The number of hydrogen-bond donors (Lipinski definition) is 2. The third-order valence-corrected chi connectivity index (χ3v) is 4.29. The number of amides is 1. The predicted octanol–water partition coefficient (Wildman–Crippen LogP) is 2.22. The van der Waals surface area contributed by atoms with Crippen LogP contribution >= 0.6 is 0 Å². The van der Waals surface area contributed by atoms with Crippen LogP contribution in [0, 0.1) is 5.92 Å². The number of rotatable bonds is 6. The number of carbonyl (C=O) groups is 1. The lowest BCUT2D eigenvalue weighted by molar-refractivity contribution is -0.138. The Hall–Kier alpha value is -0.610. The highest BCUT2D eigenvalue weighted by molar-refractivity contribution is 5.78. The summed E-state index contributed by atoms with van der Waals surface area (Å²) in [7, 11) is 0. The van der Waals surface area contributed by atoms with Gasteiger partial charge in [-0.2, -0.15) is 0 Å². The molecular weight excluding hydrogens is 240 g/mol. The Morgan fingerprint density at radius 3 is 2.74 bits per heavy atom. The minimum Gasteiger partial charge on any atom is -0.364 e. The summed E-state index contributed by atoms with van der Waals surface area (Å²) in [6.07, 6.45) is 5.21. The van der Waals surface area contributed by atoms with E-state index in [1.165, 1.54) is 6.42 Å². The lowest BCUT2D eigenvalue weighted by Gasteiger charge is -2.39. The molecule has 19 heavy (non-hydrogen) atoms. The van der Waals surface area contributed by atoms with Crippen molar-refractivity contribution in [2.24, 2.45) is 11.7 Å². The van der Waals surface area contributed by atoms with E-state index in [1.54, 1.807) is 0 Å². The molecule has 1 aliphatic carbocycles. The number of nitrogens with one attached hydrogen (secondary N) is 1. The van der Waals surface area contributed by atoms with E-state index >= 15 is 0 Å². The Kier molecular flexibility index (Phi) is 5.81. The zero-order valence-corrected chi connectivity index (χ0v) is 12.9. The van der Waals surface area contributed by atoms with Gasteiger partial charge in [-0.25, -0.2) is 0 Å². The molecule has 2 atom stereocenters. The fourth-order valence-corrected chi connectivity index (χ4v) is 2.71. The van der Waals surface area contributed by atoms with Gasteiger partial charge >= 0.3 is 0 Å². The van der Waals surface area contributed by atoms with Gasteiger partial charge in [-0.05, 0) is 39.0 Å². The third-order valence-electron chi connectivity index (χ3n) is 4.29. The SMILES string of the molecule is CCC(C)(C)NC(=O)COC1(CN)CCCC(C)C1. The van der Waals surface area contributed by atoms with Gasteiger partial charge in [0.25, 0.3) is 0 Å². The van der Waals surface area contributed by atoms with E-state index in [-0.39, 0.29) is 23.7 Å². The van der Waals surface area contributed by atoms with E-state index in [1.807, 2.05) is 13.8 Å². The fraction of sp³-hybridized carbons (Fsp3) is 0.933. The fourth-order valence-electron chi connectivity index (χ4n) is 2.71. The molecule has 4 nitrogen and oxygen atoms in total. The van der Waals surface area contributed by atoms with Crippen LogP contribution in [0.2, 0.25) is 0 Å². The van der Waals surface area contributed by atoms with Gasteiger partial charge in [-0.15, -0.1) is 0 Å². The van der Waals surface area contributed by atoms with Crippen molar-refractivity contribution in [3.05, 3.63) is 0 Å². The lowest BCUT2D eigenvalue weighted by atomic mass is 9.79. The molecule has 1 rings (SSSR count). The van der Waals surface area contributed by atoms with Gasteiger partial charge in [0.15, 0.2) is 0 Å². The topological polar surface area (TPSA) is 64.3 Å². The van der Waals surface area contributed by atoms with Crippen LogP contribution in [0.3, 0.4) is 0 Å². The number of nitrogens with two attached hydrogens (primary N) is 1. The molecule has 3 N–H and O–H groups in total. The Bertz CT molecular complexity index is 305. The Balaban J connectivity index is 2.47. The second kappa shape index (κ2) is 6.71. The average Bonchev–Trinajstić information content (AvgIpc) is 2.36. The quantitative estimate of drug-likeness (QED) is 0.778. The summed E-state index contributed by atoms with van der Waals surface area (Å²) in [4.78, 5) is 11.9. The van der Waals surface area contributed by atoms with E-state index in [4.69, 9.17) is 10.5 Å². The second-order valence-electron chi connectivity index (χ2n) is 6.66. The summed E-state index contributed by atoms with van der Waals surface area (Å²) < 4.78 is 5.91. The minimum absolute atomic E-state index is 0.0436. The maximum Gasteiger partial charge on any atom is 0.246 e. The Labute approximate surface area is 117 Å². The summed E-state index contributed by atoms with van der Waals surface area (Å²) in [6.45, 7) is 8.95. The van der Waals surface area contributed by atoms with Crippen molar-refractivity contribution in [3.8, 4) is 0 Å². The van der Waals surface area contributed by atoms with E-state index in [0.29, 0.717) is 12.5 Å². The summed E-state index contributed by atoms with van der Waals surface area (Å²) in [5, 5.41) is 2.99. The molecule has 1 fully saturated rings. The first-order valence-corrected chi connectivity index (χ1v) is 7.47. The molecule has 0 aromatic rings. The molecule has 0 aliphatic heterocycles. The molecule has 4 heteroatoms. The van der Waals surface area contributed by atoms with Gasteiger partial charge in [0.2, 0.25) is 5.91 Å². The molecule has 1 aliphatic rings. The zero-order valence-electron chi connectivity index (χ0n) is 12.9. The average molecular weight is 270 g/mol. The number of hydrogen-bond acceptors (Lipinski definition) is 3. The molecule has 0 heterocycles. The van der Waals surface area contributed by atoms with Crippen LogP contribution in [-0.2, 0) is 9.53 Å². The lowest BCUT2D eigenvalue weighted by Crippen LogP contribution is -2.49. The van der Waals surface area contributed by atoms with Crippen LogP contribution in [0.4, 0.5) is 0 Å². The maximum absolute atomic E-state index is 11.9. The third kappa shape index (κ3) is 5.11. The van der Waals surface area contributed by atoms with Crippen molar-refractivity contribution in [1.29, 1.82) is 0 Å². The van der Waals surface area contributed by atoms with E-state index < -0.39 is 0 Å². The predicted molar refractivity (Wildman–Crippen MR) is 77.9 cm³/mol. The molecular formula is C15H30N2O2. The van der Waals surface area contributed by atoms with E-state index in [2.05, 4.69) is 19.2 Å². The van der Waals surface area contributed by atoms with Crippen molar-refractivity contribution < 1.29 is 9.53 Å². The summed E-state index contributed by atoms with van der Waals surface area (Å²) in [6, 6.07) is 0. The standard InChI is InChI=1S/C15H30N2O2/c1-5-14(3,4)17-13(18)10-19-15(11-16)8-6-7-12(2)9-15/h12H,5-11,16H2,1-4H3,(H,17,18). The van der Waals surface area contributed by atoms with Crippen LogP contribution in [0.1, 0.15) is 59.8 Å². The van der Waals surface area contributed by atoms with Crippen molar-refractivity contribution in [1.82, 2.24) is 5.32 Å². The van der Waals surface area contributed by atoms with Gasteiger partial charge in [-0.3, -0.25) is 4.79 Å². The molecule has 0 aromatic heterocycles. The van der Waals surface area contributed by atoms with Crippen molar-refractivity contribution in [2.75, 3.05) is 13.2 Å². The van der Waals surface area contributed by atoms with Gasteiger partial charge in [0.1, 0.15) is 6.61 Å². The van der Waals surface area contributed by atoms with Gasteiger partial charge < -0.3 is 15.8 Å². The summed E-state index contributed by atoms with van der Waals surface area (Å²) in [5.41, 5.74) is 5.43. The highest BCUT2D eigenvalue weighted by Crippen LogP contribution is 2.34. The van der Waals surface area contributed by atoms with Crippen molar-refractivity contribution in [3.63, 3.8) is 0 Å².